The quantitative estimate of drug-likeness (QED) is 0.862. The Balaban J connectivity index is 2.65. The van der Waals surface area contributed by atoms with E-state index in [-0.39, 0.29) is 11.9 Å². The van der Waals surface area contributed by atoms with Gasteiger partial charge in [0.2, 0.25) is 0 Å². The van der Waals surface area contributed by atoms with E-state index in [2.05, 4.69) is 35.1 Å². The Morgan fingerprint density at radius 2 is 2.00 bits per heavy atom. The van der Waals surface area contributed by atoms with E-state index in [0.29, 0.717) is 0 Å². The minimum Gasteiger partial charge on any atom is -0.481 e. The van der Waals surface area contributed by atoms with Gasteiger partial charge in [-0.2, -0.15) is 0 Å². The fourth-order valence-electron chi connectivity index (χ4n) is 1.76. The van der Waals surface area contributed by atoms with Gasteiger partial charge in [-0.25, -0.2) is 0 Å². The van der Waals surface area contributed by atoms with Gasteiger partial charge >= 0.3 is 0 Å². The zero-order valence-electron chi connectivity index (χ0n) is 12.0. The molecule has 0 saturated heterocycles. The van der Waals surface area contributed by atoms with Gasteiger partial charge in [0.15, 0.2) is 6.10 Å². The smallest absolute Gasteiger partial charge is 0.260 e. The number of aryl methyl sites for hydroxylation is 1. The first-order valence-corrected chi connectivity index (χ1v) is 7.50. The van der Waals surface area contributed by atoms with Crippen LogP contribution in [-0.2, 0) is 4.79 Å². The minimum atomic E-state index is -0.492. The van der Waals surface area contributed by atoms with E-state index >= 15 is 0 Å². The minimum absolute atomic E-state index is 0.0620. The molecule has 3 nitrogen and oxygen atoms in total. The number of halogens is 1. The molecular weight excluding hydrogens is 306 g/mol. The fourth-order valence-corrected chi connectivity index (χ4v) is 2.10. The molecular formula is C15H22BrNO2. The molecule has 1 rings (SSSR count). The van der Waals surface area contributed by atoms with E-state index < -0.39 is 6.10 Å². The van der Waals surface area contributed by atoms with E-state index in [1.54, 1.807) is 6.92 Å². The number of ether oxygens (including phenoxy) is 1. The van der Waals surface area contributed by atoms with Gasteiger partial charge in [-0.3, -0.25) is 4.79 Å². The maximum atomic E-state index is 12.0. The van der Waals surface area contributed by atoms with E-state index in [1.807, 2.05) is 25.1 Å². The molecule has 1 atom stereocenters. The normalized spacial score (nSPS) is 12.3. The first-order chi connectivity index (χ1) is 8.97. The molecule has 0 aliphatic carbocycles. The third-order valence-corrected chi connectivity index (χ3v) is 3.65. The zero-order chi connectivity index (χ0) is 14.4. The lowest BCUT2D eigenvalue weighted by atomic mass is 10.1. The monoisotopic (exact) mass is 327 g/mol. The highest BCUT2D eigenvalue weighted by atomic mass is 79.9. The second kappa shape index (κ2) is 7.53. The van der Waals surface area contributed by atoms with Crippen LogP contribution in [0.3, 0.4) is 0 Å². The van der Waals surface area contributed by atoms with Crippen LogP contribution in [0.25, 0.3) is 0 Å². The van der Waals surface area contributed by atoms with Gasteiger partial charge in [0.1, 0.15) is 5.75 Å². The topological polar surface area (TPSA) is 38.3 Å². The van der Waals surface area contributed by atoms with E-state index in [4.69, 9.17) is 4.74 Å². The molecule has 0 fully saturated rings. The number of rotatable bonds is 6. The SMILES string of the molecule is CCC(CC)NC(=O)C(C)Oc1cc(Br)ccc1C. The van der Waals surface area contributed by atoms with Crippen LogP contribution in [0.15, 0.2) is 22.7 Å². The Morgan fingerprint density at radius 1 is 1.37 bits per heavy atom. The number of benzene rings is 1. The van der Waals surface area contributed by atoms with Crippen LogP contribution in [0.1, 0.15) is 39.2 Å². The number of hydrogen-bond donors (Lipinski definition) is 1. The summed E-state index contributed by atoms with van der Waals surface area (Å²) in [6.45, 7) is 7.88. The van der Waals surface area contributed by atoms with Gasteiger partial charge < -0.3 is 10.1 Å². The summed E-state index contributed by atoms with van der Waals surface area (Å²) in [6, 6.07) is 6.03. The molecule has 0 aliphatic rings. The van der Waals surface area contributed by atoms with Crippen molar-refractivity contribution >= 4 is 21.8 Å². The average Bonchev–Trinajstić information content (AvgIpc) is 2.39. The van der Waals surface area contributed by atoms with Crippen LogP contribution in [0, 0.1) is 6.92 Å². The highest BCUT2D eigenvalue weighted by molar-refractivity contribution is 9.10. The molecule has 1 unspecified atom stereocenters. The summed E-state index contributed by atoms with van der Waals surface area (Å²) in [4.78, 5) is 12.0. The largest absolute Gasteiger partial charge is 0.481 e. The predicted molar refractivity (Wildman–Crippen MR) is 81.5 cm³/mol. The summed E-state index contributed by atoms with van der Waals surface area (Å²) < 4.78 is 6.68. The number of carbonyl (C=O) groups excluding carboxylic acids is 1. The summed E-state index contributed by atoms with van der Waals surface area (Å²) in [5, 5.41) is 2.99. The second-order valence-corrected chi connectivity index (χ2v) is 5.61. The summed E-state index contributed by atoms with van der Waals surface area (Å²) in [6.07, 6.45) is 1.38. The maximum absolute atomic E-state index is 12.0. The molecule has 1 aromatic carbocycles. The molecule has 1 aromatic rings. The first kappa shape index (κ1) is 16.0. The number of amides is 1. The third-order valence-electron chi connectivity index (χ3n) is 3.16. The molecule has 4 heteroatoms. The van der Waals surface area contributed by atoms with Crippen molar-refractivity contribution in [2.75, 3.05) is 0 Å². The molecule has 1 N–H and O–H groups in total. The van der Waals surface area contributed by atoms with Gasteiger partial charge in [0, 0.05) is 10.5 Å². The number of nitrogens with one attached hydrogen (secondary N) is 1. The van der Waals surface area contributed by atoms with Crippen molar-refractivity contribution < 1.29 is 9.53 Å². The Morgan fingerprint density at radius 3 is 2.58 bits per heavy atom. The molecule has 0 bridgehead atoms. The van der Waals surface area contributed by atoms with Crippen molar-refractivity contribution in [2.24, 2.45) is 0 Å². The number of carbonyl (C=O) groups is 1. The lowest BCUT2D eigenvalue weighted by Crippen LogP contribution is -2.42. The Labute approximate surface area is 123 Å². The van der Waals surface area contributed by atoms with E-state index in [0.717, 1.165) is 28.6 Å². The van der Waals surface area contributed by atoms with Crippen molar-refractivity contribution in [2.45, 2.75) is 52.7 Å². The van der Waals surface area contributed by atoms with Crippen molar-refractivity contribution in [3.05, 3.63) is 28.2 Å². The van der Waals surface area contributed by atoms with Crippen LogP contribution in [0.4, 0.5) is 0 Å². The van der Waals surface area contributed by atoms with Gasteiger partial charge in [0.25, 0.3) is 5.91 Å². The highest BCUT2D eigenvalue weighted by Crippen LogP contribution is 2.23. The van der Waals surface area contributed by atoms with Gasteiger partial charge in [0.05, 0.1) is 0 Å². The molecule has 0 heterocycles. The van der Waals surface area contributed by atoms with Crippen LogP contribution in [-0.4, -0.2) is 18.1 Å². The maximum Gasteiger partial charge on any atom is 0.260 e. The Kier molecular flexibility index (Phi) is 6.35. The second-order valence-electron chi connectivity index (χ2n) is 4.69. The highest BCUT2D eigenvalue weighted by Gasteiger charge is 2.18. The molecule has 0 spiro atoms. The van der Waals surface area contributed by atoms with Crippen molar-refractivity contribution in [1.82, 2.24) is 5.32 Å². The fraction of sp³-hybridized carbons (Fsp3) is 0.533. The molecule has 0 aliphatic heterocycles. The van der Waals surface area contributed by atoms with Gasteiger partial charge in [-0.15, -0.1) is 0 Å². The van der Waals surface area contributed by atoms with Gasteiger partial charge in [-0.1, -0.05) is 35.8 Å². The summed E-state index contributed by atoms with van der Waals surface area (Å²) >= 11 is 3.41. The van der Waals surface area contributed by atoms with Crippen LogP contribution in [0.5, 0.6) is 5.75 Å². The third kappa shape index (κ3) is 4.86. The van der Waals surface area contributed by atoms with E-state index in [1.165, 1.54) is 0 Å². The molecule has 0 radical (unpaired) electrons. The summed E-state index contributed by atoms with van der Waals surface area (Å²) in [5.74, 6) is 0.676. The van der Waals surface area contributed by atoms with Crippen molar-refractivity contribution in [3.8, 4) is 5.75 Å². The lowest BCUT2D eigenvalue weighted by molar-refractivity contribution is -0.128. The molecule has 1 amide bonds. The molecule has 19 heavy (non-hydrogen) atoms. The Hall–Kier alpha value is -1.03. The summed E-state index contributed by atoms with van der Waals surface area (Å²) in [5.41, 5.74) is 1.02. The number of hydrogen-bond acceptors (Lipinski definition) is 2. The average molecular weight is 328 g/mol. The lowest BCUT2D eigenvalue weighted by Gasteiger charge is -2.20. The van der Waals surface area contributed by atoms with Crippen molar-refractivity contribution in [1.29, 1.82) is 0 Å². The predicted octanol–water partition coefficient (Wildman–Crippen LogP) is 3.83. The molecule has 106 valence electrons. The summed E-state index contributed by atoms with van der Waals surface area (Å²) in [7, 11) is 0. The molecule has 0 saturated carbocycles. The standard InChI is InChI=1S/C15H22BrNO2/c1-5-13(6-2)17-15(18)11(4)19-14-9-12(16)8-7-10(14)3/h7-9,11,13H,5-6H2,1-4H3,(H,17,18). The first-order valence-electron chi connectivity index (χ1n) is 6.71. The van der Waals surface area contributed by atoms with Gasteiger partial charge in [-0.05, 0) is 44.4 Å². The Bertz CT molecular complexity index is 430. The molecule has 0 aromatic heterocycles. The van der Waals surface area contributed by atoms with Crippen LogP contribution >= 0.6 is 15.9 Å². The van der Waals surface area contributed by atoms with Crippen molar-refractivity contribution in [3.63, 3.8) is 0 Å². The van der Waals surface area contributed by atoms with Crippen LogP contribution in [0.2, 0.25) is 0 Å². The van der Waals surface area contributed by atoms with Crippen LogP contribution < -0.4 is 10.1 Å². The zero-order valence-corrected chi connectivity index (χ0v) is 13.6. The van der Waals surface area contributed by atoms with E-state index in [9.17, 15) is 4.79 Å².